The van der Waals surface area contributed by atoms with Crippen molar-refractivity contribution in [3.8, 4) is 67.7 Å². The van der Waals surface area contributed by atoms with Gasteiger partial charge in [0.1, 0.15) is 0 Å². The molecule has 3 heterocycles. The summed E-state index contributed by atoms with van der Waals surface area (Å²) in [5.41, 5.74) is 18.4. The van der Waals surface area contributed by atoms with E-state index in [1.807, 2.05) is 60.7 Å². The molecule has 70 heavy (non-hydrogen) atoms. The third kappa shape index (κ3) is 6.11. The zero-order valence-electron chi connectivity index (χ0n) is 37.9. The van der Waals surface area contributed by atoms with Crippen molar-refractivity contribution in [1.82, 2.24) is 19.9 Å². The predicted molar refractivity (Wildman–Crippen MR) is 285 cm³/mol. The SMILES string of the molecule is c1ccc(-c2nc(-c3ccccc3)nc(-c3ccc(-c4ccc5c(c4)-c4cc6c(-c7ccccc7)nc7ccccc7c6cc4C54c5ccccc5N(c5ccccc5)c5ccccc54)cc3)n2)cc1. The first-order valence-corrected chi connectivity index (χ1v) is 23.8. The van der Waals surface area contributed by atoms with Crippen LogP contribution in [-0.2, 0) is 5.41 Å². The molecular formula is C65H41N5. The minimum atomic E-state index is -0.636. The van der Waals surface area contributed by atoms with Gasteiger partial charge in [-0.3, -0.25) is 0 Å². The molecule has 0 fully saturated rings. The van der Waals surface area contributed by atoms with Gasteiger partial charge in [0.25, 0.3) is 0 Å². The maximum atomic E-state index is 5.40. The Labute approximate surface area is 405 Å². The molecule has 12 aromatic rings. The van der Waals surface area contributed by atoms with Crippen molar-refractivity contribution >= 4 is 38.7 Å². The number of pyridine rings is 1. The van der Waals surface area contributed by atoms with E-state index in [1.165, 1.54) is 50.1 Å². The number of rotatable bonds is 6. The van der Waals surface area contributed by atoms with Crippen LogP contribution in [0.1, 0.15) is 22.3 Å². The van der Waals surface area contributed by atoms with Crippen molar-refractivity contribution in [1.29, 1.82) is 0 Å². The Morgan fingerprint density at radius 1 is 0.286 bits per heavy atom. The van der Waals surface area contributed by atoms with E-state index in [-0.39, 0.29) is 0 Å². The van der Waals surface area contributed by atoms with Crippen LogP contribution in [0.5, 0.6) is 0 Å². The zero-order chi connectivity index (χ0) is 46.2. The van der Waals surface area contributed by atoms with E-state index in [9.17, 15) is 0 Å². The Bertz CT molecular complexity index is 3880. The van der Waals surface area contributed by atoms with E-state index in [4.69, 9.17) is 19.9 Å². The highest BCUT2D eigenvalue weighted by atomic mass is 15.2. The fourth-order valence-corrected chi connectivity index (χ4v) is 11.2. The minimum absolute atomic E-state index is 0.630. The van der Waals surface area contributed by atoms with Gasteiger partial charge in [0.05, 0.1) is 28.0 Å². The molecule has 0 saturated heterocycles. The van der Waals surface area contributed by atoms with Gasteiger partial charge >= 0.3 is 0 Å². The standard InChI is InChI=1S/C65H41N5/c1-5-19-43(20-6-1)61-53-40-52-51-39-47(42-33-35-46(36-34-42)64-68-62(44-21-7-2-8-22-44)67-63(69-64)45-23-9-3-10-24-45)37-38-54(51)65(57(52)41-50(53)49-27-13-16-30-58(49)66-61)55-28-14-17-31-59(55)70(48-25-11-4-12-26-48)60-32-18-15-29-56(60)65/h1-41H. The van der Waals surface area contributed by atoms with Crippen LogP contribution in [0.2, 0.25) is 0 Å². The average molecular weight is 892 g/mol. The summed E-state index contributed by atoms with van der Waals surface area (Å²) in [6.07, 6.45) is 0. The molecule has 0 amide bonds. The van der Waals surface area contributed by atoms with E-state index in [1.54, 1.807) is 0 Å². The van der Waals surface area contributed by atoms with E-state index in [0.29, 0.717) is 17.5 Å². The van der Waals surface area contributed by atoms with Crippen LogP contribution in [0, 0.1) is 0 Å². The van der Waals surface area contributed by atoms with Crippen molar-refractivity contribution in [2.45, 2.75) is 5.41 Å². The fraction of sp³-hybridized carbons (Fsp3) is 0.0154. The summed E-state index contributed by atoms with van der Waals surface area (Å²) in [6, 6.07) is 89.0. The Hall–Kier alpha value is -9.32. The summed E-state index contributed by atoms with van der Waals surface area (Å²) >= 11 is 0. The van der Waals surface area contributed by atoms with Gasteiger partial charge in [0.15, 0.2) is 17.5 Å². The lowest BCUT2D eigenvalue weighted by molar-refractivity contribution is 0.754. The molecule has 0 atom stereocenters. The molecular weight excluding hydrogens is 851 g/mol. The van der Waals surface area contributed by atoms with Gasteiger partial charge in [-0.2, -0.15) is 0 Å². The molecule has 2 aliphatic rings. The number of hydrogen-bond acceptors (Lipinski definition) is 5. The summed E-state index contributed by atoms with van der Waals surface area (Å²) in [5, 5.41) is 3.46. The average Bonchev–Trinajstić information content (AvgIpc) is 3.72. The molecule has 0 N–H and O–H groups in total. The van der Waals surface area contributed by atoms with Crippen LogP contribution >= 0.6 is 0 Å². The van der Waals surface area contributed by atoms with Crippen LogP contribution in [-0.4, -0.2) is 19.9 Å². The van der Waals surface area contributed by atoms with Gasteiger partial charge < -0.3 is 4.90 Å². The van der Waals surface area contributed by atoms with E-state index in [2.05, 4.69) is 193 Å². The predicted octanol–water partition coefficient (Wildman–Crippen LogP) is 16.1. The number of aromatic nitrogens is 4. The van der Waals surface area contributed by atoms with Gasteiger partial charge in [0, 0.05) is 38.7 Å². The van der Waals surface area contributed by atoms with E-state index in [0.717, 1.165) is 61.1 Å². The van der Waals surface area contributed by atoms with Gasteiger partial charge in [-0.05, 0) is 98.4 Å². The van der Waals surface area contributed by atoms with Gasteiger partial charge in [-0.25, -0.2) is 19.9 Å². The van der Waals surface area contributed by atoms with Crippen LogP contribution in [0.3, 0.4) is 0 Å². The second-order valence-corrected chi connectivity index (χ2v) is 18.1. The molecule has 0 radical (unpaired) electrons. The van der Waals surface area contributed by atoms with Crippen LogP contribution < -0.4 is 4.90 Å². The molecule has 2 aromatic heterocycles. The molecule has 1 aliphatic heterocycles. The van der Waals surface area contributed by atoms with Crippen LogP contribution in [0.4, 0.5) is 17.1 Å². The maximum absolute atomic E-state index is 5.40. The summed E-state index contributed by atoms with van der Waals surface area (Å²) in [5.74, 6) is 1.91. The normalized spacial score (nSPS) is 12.9. The van der Waals surface area contributed by atoms with Crippen molar-refractivity contribution < 1.29 is 0 Å². The second kappa shape index (κ2) is 15.9. The fourth-order valence-electron chi connectivity index (χ4n) is 11.2. The van der Waals surface area contributed by atoms with Gasteiger partial charge in [-0.15, -0.1) is 0 Å². The molecule has 1 aliphatic carbocycles. The van der Waals surface area contributed by atoms with E-state index >= 15 is 0 Å². The molecule has 1 spiro atoms. The number of para-hydroxylation sites is 4. The number of hydrogen-bond donors (Lipinski definition) is 0. The third-order valence-corrected chi connectivity index (χ3v) is 14.3. The van der Waals surface area contributed by atoms with E-state index < -0.39 is 5.41 Å². The minimum Gasteiger partial charge on any atom is -0.310 e. The molecule has 10 aromatic carbocycles. The monoisotopic (exact) mass is 891 g/mol. The quantitative estimate of drug-likeness (QED) is 0.156. The zero-order valence-corrected chi connectivity index (χ0v) is 37.9. The molecule has 5 heteroatoms. The second-order valence-electron chi connectivity index (χ2n) is 18.1. The van der Waals surface area contributed by atoms with Crippen molar-refractivity contribution in [3.05, 3.63) is 271 Å². The largest absolute Gasteiger partial charge is 0.310 e. The summed E-state index contributed by atoms with van der Waals surface area (Å²) in [7, 11) is 0. The molecule has 0 bridgehead atoms. The first kappa shape index (κ1) is 39.8. The number of nitrogens with zero attached hydrogens (tertiary/aromatic N) is 5. The van der Waals surface area contributed by atoms with Crippen molar-refractivity contribution in [2.24, 2.45) is 0 Å². The lowest BCUT2D eigenvalue weighted by atomic mass is 9.64. The van der Waals surface area contributed by atoms with Crippen molar-refractivity contribution in [3.63, 3.8) is 0 Å². The summed E-state index contributed by atoms with van der Waals surface area (Å²) in [4.78, 5) is 22.8. The Morgan fingerprint density at radius 2 is 0.757 bits per heavy atom. The van der Waals surface area contributed by atoms with Gasteiger partial charge in [0.2, 0.25) is 0 Å². The van der Waals surface area contributed by atoms with Crippen LogP contribution in [0.15, 0.2) is 249 Å². The first-order valence-electron chi connectivity index (χ1n) is 23.8. The smallest absolute Gasteiger partial charge is 0.164 e. The highest BCUT2D eigenvalue weighted by Crippen LogP contribution is 2.64. The Kier molecular flexibility index (Phi) is 9.04. The summed E-state index contributed by atoms with van der Waals surface area (Å²) in [6.45, 7) is 0. The molecule has 0 saturated carbocycles. The maximum Gasteiger partial charge on any atom is 0.164 e. The van der Waals surface area contributed by atoms with Crippen molar-refractivity contribution in [2.75, 3.05) is 4.90 Å². The molecule has 14 rings (SSSR count). The summed E-state index contributed by atoms with van der Waals surface area (Å²) < 4.78 is 0. The lowest BCUT2D eigenvalue weighted by Crippen LogP contribution is -2.36. The molecule has 326 valence electrons. The Balaban J connectivity index is 0.995. The third-order valence-electron chi connectivity index (χ3n) is 14.3. The van der Waals surface area contributed by atoms with Gasteiger partial charge in [-0.1, -0.05) is 200 Å². The number of fused-ring (bicyclic) bond motifs is 12. The molecule has 0 unspecified atom stereocenters. The van der Waals surface area contributed by atoms with Crippen LogP contribution in [0.25, 0.3) is 89.4 Å². The number of anilines is 3. The first-order chi connectivity index (χ1) is 34.7. The highest BCUT2D eigenvalue weighted by Gasteiger charge is 2.52. The lowest BCUT2D eigenvalue weighted by Gasteiger charge is -2.45. The molecule has 5 nitrogen and oxygen atoms in total. The number of benzene rings is 10. The topological polar surface area (TPSA) is 54.8 Å². The Morgan fingerprint density at radius 3 is 1.37 bits per heavy atom. The highest BCUT2D eigenvalue weighted by molar-refractivity contribution is 6.14.